The molecule has 0 aliphatic heterocycles. The summed E-state index contributed by atoms with van der Waals surface area (Å²) in [5.74, 6) is 0.555. The standard InChI is InChI=1S/C11H13Br/c1-4-9-6-5-7-10(8(2)3)11(9)12/h4-8H,1H2,2-3H3. The summed E-state index contributed by atoms with van der Waals surface area (Å²) in [5, 5.41) is 0. The zero-order valence-corrected chi connectivity index (χ0v) is 9.06. The summed E-state index contributed by atoms with van der Waals surface area (Å²) in [7, 11) is 0. The fraction of sp³-hybridized carbons (Fsp3) is 0.273. The Kier molecular flexibility index (Phi) is 3.10. The summed E-state index contributed by atoms with van der Waals surface area (Å²) in [6.07, 6.45) is 1.87. The van der Waals surface area contributed by atoms with Crippen LogP contribution in [0, 0.1) is 0 Å². The molecule has 1 heteroatoms. The predicted octanol–water partition coefficient (Wildman–Crippen LogP) is 4.22. The molecule has 0 aliphatic carbocycles. The van der Waals surface area contributed by atoms with Crippen LogP contribution in [0.25, 0.3) is 6.08 Å². The number of halogens is 1. The van der Waals surface area contributed by atoms with Gasteiger partial charge in [-0.3, -0.25) is 0 Å². The van der Waals surface area contributed by atoms with Crippen LogP contribution in [0.1, 0.15) is 30.9 Å². The minimum Gasteiger partial charge on any atom is -0.0984 e. The van der Waals surface area contributed by atoms with Gasteiger partial charge in [-0.25, -0.2) is 0 Å². The molecule has 0 unspecified atom stereocenters. The summed E-state index contributed by atoms with van der Waals surface area (Å²) in [6, 6.07) is 6.27. The van der Waals surface area contributed by atoms with E-state index < -0.39 is 0 Å². The molecular weight excluding hydrogens is 212 g/mol. The Hall–Kier alpha value is -0.560. The van der Waals surface area contributed by atoms with Crippen molar-refractivity contribution in [3.63, 3.8) is 0 Å². The summed E-state index contributed by atoms with van der Waals surface area (Å²) in [6.45, 7) is 8.14. The lowest BCUT2D eigenvalue weighted by Gasteiger charge is -2.09. The van der Waals surface area contributed by atoms with Gasteiger partial charge >= 0.3 is 0 Å². The van der Waals surface area contributed by atoms with Gasteiger partial charge in [0, 0.05) is 4.47 Å². The first-order chi connectivity index (χ1) is 5.66. The molecule has 0 amide bonds. The zero-order valence-electron chi connectivity index (χ0n) is 7.47. The van der Waals surface area contributed by atoms with Crippen molar-refractivity contribution in [3.8, 4) is 0 Å². The zero-order chi connectivity index (χ0) is 9.14. The monoisotopic (exact) mass is 224 g/mol. The molecule has 0 spiro atoms. The van der Waals surface area contributed by atoms with Gasteiger partial charge in [-0.05, 0) is 33.0 Å². The van der Waals surface area contributed by atoms with Gasteiger partial charge in [0.1, 0.15) is 0 Å². The lowest BCUT2D eigenvalue weighted by molar-refractivity contribution is 0.860. The second kappa shape index (κ2) is 3.90. The van der Waals surface area contributed by atoms with Crippen molar-refractivity contribution in [2.75, 3.05) is 0 Å². The quantitative estimate of drug-likeness (QED) is 0.706. The SMILES string of the molecule is C=Cc1cccc(C(C)C)c1Br. The van der Waals surface area contributed by atoms with Gasteiger partial charge < -0.3 is 0 Å². The number of hydrogen-bond donors (Lipinski definition) is 0. The van der Waals surface area contributed by atoms with Crippen molar-refractivity contribution < 1.29 is 0 Å². The number of hydrogen-bond acceptors (Lipinski definition) is 0. The van der Waals surface area contributed by atoms with Crippen LogP contribution in [-0.4, -0.2) is 0 Å². The van der Waals surface area contributed by atoms with Gasteiger partial charge in [0.2, 0.25) is 0 Å². The maximum absolute atomic E-state index is 3.76. The molecule has 0 heterocycles. The van der Waals surface area contributed by atoms with Crippen LogP contribution in [-0.2, 0) is 0 Å². The third kappa shape index (κ3) is 1.78. The Morgan fingerprint density at radius 2 is 2.08 bits per heavy atom. The molecule has 64 valence electrons. The van der Waals surface area contributed by atoms with Crippen molar-refractivity contribution in [2.24, 2.45) is 0 Å². The van der Waals surface area contributed by atoms with Crippen molar-refractivity contribution >= 4 is 22.0 Å². The Morgan fingerprint density at radius 3 is 2.58 bits per heavy atom. The van der Waals surface area contributed by atoms with E-state index in [0.29, 0.717) is 5.92 Å². The summed E-state index contributed by atoms with van der Waals surface area (Å²) in [5.41, 5.74) is 2.51. The van der Waals surface area contributed by atoms with E-state index in [2.05, 4.69) is 54.6 Å². The molecule has 0 atom stereocenters. The van der Waals surface area contributed by atoms with E-state index in [0.717, 1.165) is 0 Å². The molecule has 1 aromatic rings. The Bertz CT molecular complexity index is 287. The highest BCUT2D eigenvalue weighted by atomic mass is 79.9. The Morgan fingerprint density at radius 1 is 1.42 bits per heavy atom. The fourth-order valence-electron chi connectivity index (χ4n) is 1.17. The van der Waals surface area contributed by atoms with Gasteiger partial charge in [0.25, 0.3) is 0 Å². The van der Waals surface area contributed by atoms with Crippen LogP contribution in [0.4, 0.5) is 0 Å². The average Bonchev–Trinajstić information content (AvgIpc) is 2.04. The van der Waals surface area contributed by atoms with E-state index in [-0.39, 0.29) is 0 Å². The first-order valence-corrected chi connectivity index (χ1v) is 4.87. The van der Waals surface area contributed by atoms with Gasteiger partial charge in [0.05, 0.1) is 0 Å². The van der Waals surface area contributed by atoms with Gasteiger partial charge in [0.15, 0.2) is 0 Å². The van der Waals surface area contributed by atoms with E-state index in [9.17, 15) is 0 Å². The molecule has 0 saturated heterocycles. The molecule has 12 heavy (non-hydrogen) atoms. The largest absolute Gasteiger partial charge is 0.0984 e. The number of benzene rings is 1. The minimum atomic E-state index is 0.555. The van der Waals surface area contributed by atoms with Crippen molar-refractivity contribution in [1.29, 1.82) is 0 Å². The lowest BCUT2D eigenvalue weighted by atomic mass is 10.0. The highest BCUT2D eigenvalue weighted by molar-refractivity contribution is 9.10. The average molecular weight is 225 g/mol. The normalized spacial score (nSPS) is 10.3. The summed E-state index contributed by atoms with van der Waals surface area (Å²) >= 11 is 3.57. The summed E-state index contributed by atoms with van der Waals surface area (Å²) in [4.78, 5) is 0. The van der Waals surface area contributed by atoms with E-state index in [4.69, 9.17) is 0 Å². The smallest absolute Gasteiger partial charge is 0.0282 e. The summed E-state index contributed by atoms with van der Waals surface area (Å²) < 4.78 is 1.18. The Balaban J connectivity index is 3.22. The molecule has 0 N–H and O–H groups in total. The maximum atomic E-state index is 3.76. The van der Waals surface area contributed by atoms with Crippen LogP contribution in [0.3, 0.4) is 0 Å². The van der Waals surface area contributed by atoms with Crippen LogP contribution >= 0.6 is 15.9 Å². The number of rotatable bonds is 2. The van der Waals surface area contributed by atoms with Gasteiger partial charge in [-0.2, -0.15) is 0 Å². The lowest BCUT2D eigenvalue weighted by Crippen LogP contribution is -1.90. The third-order valence-electron chi connectivity index (χ3n) is 1.90. The first kappa shape index (κ1) is 9.53. The molecule has 0 aliphatic rings. The van der Waals surface area contributed by atoms with E-state index in [1.165, 1.54) is 15.6 Å². The molecular formula is C11H13Br. The van der Waals surface area contributed by atoms with Gasteiger partial charge in [-0.15, -0.1) is 0 Å². The van der Waals surface area contributed by atoms with E-state index in [1.54, 1.807) is 0 Å². The second-order valence-corrected chi connectivity index (χ2v) is 3.90. The molecule has 1 aromatic carbocycles. The third-order valence-corrected chi connectivity index (χ3v) is 2.82. The maximum Gasteiger partial charge on any atom is 0.0282 e. The van der Waals surface area contributed by atoms with Crippen LogP contribution in [0.15, 0.2) is 29.3 Å². The molecule has 0 nitrogen and oxygen atoms in total. The topological polar surface area (TPSA) is 0 Å². The minimum absolute atomic E-state index is 0.555. The van der Waals surface area contributed by atoms with Crippen molar-refractivity contribution in [2.45, 2.75) is 19.8 Å². The molecule has 0 radical (unpaired) electrons. The molecule has 1 rings (SSSR count). The van der Waals surface area contributed by atoms with Crippen molar-refractivity contribution in [1.82, 2.24) is 0 Å². The van der Waals surface area contributed by atoms with E-state index >= 15 is 0 Å². The van der Waals surface area contributed by atoms with Crippen LogP contribution < -0.4 is 0 Å². The fourth-order valence-corrected chi connectivity index (χ4v) is 2.06. The molecule has 0 fully saturated rings. The van der Waals surface area contributed by atoms with Gasteiger partial charge in [-0.1, -0.05) is 44.7 Å². The highest BCUT2D eigenvalue weighted by Crippen LogP contribution is 2.28. The molecule has 0 bridgehead atoms. The second-order valence-electron chi connectivity index (χ2n) is 3.11. The highest BCUT2D eigenvalue weighted by Gasteiger charge is 2.05. The first-order valence-electron chi connectivity index (χ1n) is 4.07. The van der Waals surface area contributed by atoms with E-state index in [1.807, 2.05) is 6.08 Å². The Labute approximate surface area is 82.4 Å². The van der Waals surface area contributed by atoms with Crippen LogP contribution in [0.2, 0.25) is 0 Å². The predicted molar refractivity (Wildman–Crippen MR) is 58.3 cm³/mol. The van der Waals surface area contributed by atoms with Crippen LogP contribution in [0.5, 0.6) is 0 Å². The molecule has 0 aromatic heterocycles. The molecule has 0 saturated carbocycles. The van der Waals surface area contributed by atoms with Crippen molar-refractivity contribution in [3.05, 3.63) is 40.4 Å².